The second-order valence-corrected chi connectivity index (χ2v) is 7.69. The summed E-state index contributed by atoms with van der Waals surface area (Å²) in [6.07, 6.45) is 1.66. The summed E-state index contributed by atoms with van der Waals surface area (Å²) in [5.41, 5.74) is 2.57. The van der Waals surface area contributed by atoms with Gasteiger partial charge in [-0.15, -0.1) is 0 Å². The van der Waals surface area contributed by atoms with Crippen molar-refractivity contribution < 1.29 is 19.0 Å². The third kappa shape index (κ3) is 5.13. The van der Waals surface area contributed by atoms with E-state index in [1.54, 1.807) is 30.3 Å². The van der Waals surface area contributed by atoms with Crippen molar-refractivity contribution in [2.24, 2.45) is 4.99 Å². The quantitative estimate of drug-likeness (QED) is 0.301. The van der Waals surface area contributed by atoms with Crippen LogP contribution in [0.3, 0.4) is 0 Å². The SMILES string of the molecule is CCOc1cc(/C=C2/N=C(c3ccccc3)OC2=O)ccc1OCc1ccc(Cl)c(Cl)c1. The molecule has 0 spiro atoms. The highest BCUT2D eigenvalue weighted by atomic mass is 35.5. The van der Waals surface area contributed by atoms with Gasteiger partial charge in [0.15, 0.2) is 17.2 Å². The van der Waals surface area contributed by atoms with E-state index in [-0.39, 0.29) is 11.6 Å². The molecule has 0 fully saturated rings. The molecule has 0 atom stereocenters. The van der Waals surface area contributed by atoms with Gasteiger partial charge in [-0.2, -0.15) is 0 Å². The maximum Gasteiger partial charge on any atom is 0.363 e. The number of aliphatic imine (C=N–C) groups is 1. The molecule has 0 aliphatic carbocycles. The Balaban J connectivity index is 1.55. The number of esters is 1. The van der Waals surface area contributed by atoms with E-state index in [2.05, 4.69) is 4.99 Å². The van der Waals surface area contributed by atoms with Gasteiger partial charge in [-0.1, -0.05) is 53.5 Å². The van der Waals surface area contributed by atoms with Gasteiger partial charge in [0.2, 0.25) is 5.90 Å². The Labute approximate surface area is 195 Å². The molecule has 1 aliphatic heterocycles. The van der Waals surface area contributed by atoms with Gasteiger partial charge < -0.3 is 14.2 Å². The van der Waals surface area contributed by atoms with Gasteiger partial charge in [-0.25, -0.2) is 9.79 Å². The molecular formula is C25H19Cl2NO4. The first kappa shape index (κ1) is 21.9. The van der Waals surface area contributed by atoms with E-state index in [0.29, 0.717) is 34.8 Å². The van der Waals surface area contributed by atoms with Crippen molar-refractivity contribution in [1.82, 2.24) is 0 Å². The summed E-state index contributed by atoms with van der Waals surface area (Å²) in [4.78, 5) is 16.6. The first-order valence-corrected chi connectivity index (χ1v) is 10.7. The van der Waals surface area contributed by atoms with Crippen LogP contribution in [0.25, 0.3) is 6.08 Å². The molecule has 0 bridgehead atoms. The van der Waals surface area contributed by atoms with E-state index >= 15 is 0 Å². The minimum Gasteiger partial charge on any atom is -0.490 e. The zero-order chi connectivity index (χ0) is 22.5. The molecule has 4 rings (SSSR count). The van der Waals surface area contributed by atoms with Crippen molar-refractivity contribution in [3.05, 3.63) is 99.2 Å². The van der Waals surface area contributed by atoms with Gasteiger partial charge in [0, 0.05) is 5.56 Å². The zero-order valence-corrected chi connectivity index (χ0v) is 18.7. The highest BCUT2D eigenvalue weighted by Gasteiger charge is 2.24. The van der Waals surface area contributed by atoms with Gasteiger partial charge in [0.05, 0.1) is 16.7 Å². The molecule has 3 aromatic carbocycles. The first-order valence-electron chi connectivity index (χ1n) is 9.95. The first-order chi connectivity index (χ1) is 15.5. The van der Waals surface area contributed by atoms with Crippen LogP contribution in [0.15, 0.2) is 77.4 Å². The maximum atomic E-state index is 12.3. The molecule has 5 nitrogen and oxygen atoms in total. The predicted octanol–water partition coefficient (Wildman–Crippen LogP) is 6.32. The van der Waals surface area contributed by atoms with E-state index in [0.717, 1.165) is 16.7 Å². The molecule has 32 heavy (non-hydrogen) atoms. The molecule has 0 saturated heterocycles. The number of carbonyl (C=O) groups is 1. The number of hydrogen-bond donors (Lipinski definition) is 0. The normalized spacial score (nSPS) is 14.3. The Hall–Kier alpha value is -3.28. The number of rotatable bonds is 7. The zero-order valence-electron chi connectivity index (χ0n) is 17.2. The summed E-state index contributed by atoms with van der Waals surface area (Å²) in [6, 6.07) is 20.0. The summed E-state index contributed by atoms with van der Waals surface area (Å²) in [5, 5.41) is 0.963. The fourth-order valence-corrected chi connectivity index (χ4v) is 3.38. The lowest BCUT2D eigenvalue weighted by Crippen LogP contribution is -2.05. The van der Waals surface area contributed by atoms with Crippen molar-refractivity contribution in [3.63, 3.8) is 0 Å². The van der Waals surface area contributed by atoms with Crippen molar-refractivity contribution in [1.29, 1.82) is 0 Å². The van der Waals surface area contributed by atoms with Crippen LogP contribution in [0.2, 0.25) is 10.0 Å². The van der Waals surface area contributed by atoms with Gasteiger partial charge in [0.1, 0.15) is 6.61 Å². The number of carbonyl (C=O) groups excluding carboxylic acids is 1. The Bertz CT molecular complexity index is 1210. The third-order valence-electron chi connectivity index (χ3n) is 4.59. The van der Waals surface area contributed by atoms with Crippen molar-refractivity contribution in [3.8, 4) is 11.5 Å². The highest BCUT2D eigenvalue weighted by molar-refractivity contribution is 6.42. The summed E-state index contributed by atoms with van der Waals surface area (Å²) in [5.74, 6) is 0.915. The number of halogens is 2. The number of ether oxygens (including phenoxy) is 3. The Kier molecular flexibility index (Phi) is 6.78. The largest absolute Gasteiger partial charge is 0.490 e. The van der Waals surface area contributed by atoms with Crippen LogP contribution < -0.4 is 9.47 Å². The summed E-state index contributed by atoms with van der Waals surface area (Å²) >= 11 is 12.0. The standard InChI is InChI=1S/C25H19Cl2NO4/c1-2-30-23-14-16(9-11-22(23)31-15-17-8-10-19(26)20(27)12-17)13-21-25(29)32-24(28-21)18-6-4-3-5-7-18/h3-14H,2,15H2,1H3/b21-13+. The van der Waals surface area contributed by atoms with E-state index in [4.69, 9.17) is 37.4 Å². The lowest BCUT2D eigenvalue weighted by molar-refractivity contribution is -0.129. The number of hydrogen-bond acceptors (Lipinski definition) is 5. The molecule has 3 aromatic rings. The van der Waals surface area contributed by atoms with Crippen molar-refractivity contribution in [2.45, 2.75) is 13.5 Å². The van der Waals surface area contributed by atoms with E-state index in [9.17, 15) is 4.79 Å². The molecule has 7 heteroatoms. The second-order valence-electron chi connectivity index (χ2n) is 6.88. The fourth-order valence-electron chi connectivity index (χ4n) is 3.06. The van der Waals surface area contributed by atoms with Gasteiger partial charge in [0.25, 0.3) is 0 Å². The lowest BCUT2D eigenvalue weighted by atomic mass is 10.1. The number of nitrogens with zero attached hydrogens (tertiary/aromatic N) is 1. The average molecular weight is 468 g/mol. The summed E-state index contributed by atoms with van der Waals surface area (Å²) in [7, 11) is 0. The third-order valence-corrected chi connectivity index (χ3v) is 5.33. The fraction of sp³-hybridized carbons (Fsp3) is 0.120. The molecular weight excluding hydrogens is 449 g/mol. The number of cyclic esters (lactones) is 1. The topological polar surface area (TPSA) is 57.1 Å². The smallest absolute Gasteiger partial charge is 0.363 e. The molecule has 0 radical (unpaired) electrons. The van der Waals surface area contributed by atoms with E-state index in [1.807, 2.05) is 49.4 Å². The van der Waals surface area contributed by atoms with Crippen LogP contribution >= 0.6 is 23.2 Å². The molecule has 1 aliphatic rings. The van der Waals surface area contributed by atoms with Crippen LogP contribution in [0.4, 0.5) is 0 Å². The van der Waals surface area contributed by atoms with Crippen LogP contribution in [-0.2, 0) is 16.1 Å². The van der Waals surface area contributed by atoms with Gasteiger partial charge in [-0.05, 0) is 60.5 Å². The lowest BCUT2D eigenvalue weighted by Gasteiger charge is -2.13. The Morgan fingerprint density at radius 2 is 1.75 bits per heavy atom. The molecule has 0 N–H and O–H groups in total. The van der Waals surface area contributed by atoms with Gasteiger partial charge in [-0.3, -0.25) is 0 Å². The Morgan fingerprint density at radius 1 is 0.938 bits per heavy atom. The molecule has 1 heterocycles. The van der Waals surface area contributed by atoms with Gasteiger partial charge >= 0.3 is 5.97 Å². The maximum absolute atomic E-state index is 12.3. The Morgan fingerprint density at radius 3 is 2.50 bits per heavy atom. The predicted molar refractivity (Wildman–Crippen MR) is 125 cm³/mol. The van der Waals surface area contributed by atoms with Crippen molar-refractivity contribution in [2.75, 3.05) is 6.61 Å². The molecule has 0 unspecified atom stereocenters. The monoisotopic (exact) mass is 467 g/mol. The summed E-state index contributed by atoms with van der Waals surface area (Å²) in [6.45, 7) is 2.65. The minimum absolute atomic E-state index is 0.218. The van der Waals surface area contributed by atoms with Crippen LogP contribution in [0.5, 0.6) is 11.5 Å². The van der Waals surface area contributed by atoms with E-state index < -0.39 is 5.97 Å². The molecule has 0 aromatic heterocycles. The second kappa shape index (κ2) is 9.90. The van der Waals surface area contributed by atoms with Crippen LogP contribution in [-0.4, -0.2) is 18.5 Å². The average Bonchev–Trinajstić information content (AvgIpc) is 3.16. The van der Waals surface area contributed by atoms with Crippen LogP contribution in [0.1, 0.15) is 23.6 Å². The van der Waals surface area contributed by atoms with Crippen LogP contribution in [0, 0.1) is 0 Å². The minimum atomic E-state index is -0.498. The van der Waals surface area contributed by atoms with Crippen molar-refractivity contribution >= 4 is 41.1 Å². The number of benzene rings is 3. The molecule has 0 amide bonds. The molecule has 162 valence electrons. The summed E-state index contributed by atoms with van der Waals surface area (Å²) < 4.78 is 17.0. The van der Waals surface area contributed by atoms with E-state index in [1.165, 1.54) is 0 Å². The molecule has 0 saturated carbocycles. The highest BCUT2D eigenvalue weighted by Crippen LogP contribution is 2.31.